The van der Waals surface area contributed by atoms with Crippen LogP contribution in [0.1, 0.15) is 69.9 Å². The van der Waals surface area contributed by atoms with E-state index >= 15 is 0 Å². The number of hydrogen-bond acceptors (Lipinski definition) is 0. The van der Waals surface area contributed by atoms with Crippen LogP contribution in [0.25, 0.3) is 0 Å². The molecule has 1 radical (unpaired) electrons. The van der Waals surface area contributed by atoms with Crippen molar-refractivity contribution in [2.45, 2.75) is 58.8 Å². The molecule has 0 heterocycles. The number of benzene rings is 1. The maximum absolute atomic E-state index is 3.36. The monoisotopic (exact) mass is 229 g/mol. The highest BCUT2D eigenvalue weighted by molar-refractivity contribution is 5.28. The summed E-state index contributed by atoms with van der Waals surface area (Å²) in [5.41, 5.74) is 2.60. The van der Waals surface area contributed by atoms with Gasteiger partial charge < -0.3 is 0 Å². The van der Waals surface area contributed by atoms with Gasteiger partial charge in [0.15, 0.2) is 0 Å². The van der Waals surface area contributed by atoms with Gasteiger partial charge in [-0.15, -0.1) is 0 Å². The molecule has 0 saturated carbocycles. The summed E-state index contributed by atoms with van der Waals surface area (Å²) in [7, 11) is 0. The molecular formula is C17H25. The fourth-order valence-corrected chi connectivity index (χ4v) is 1.83. The molecule has 0 nitrogen and oxygen atoms in total. The van der Waals surface area contributed by atoms with Gasteiger partial charge in [-0.2, -0.15) is 0 Å². The van der Waals surface area contributed by atoms with Gasteiger partial charge in [-0.1, -0.05) is 70.4 Å². The Morgan fingerprint density at radius 3 is 2.35 bits per heavy atom. The van der Waals surface area contributed by atoms with Crippen molar-refractivity contribution >= 4 is 0 Å². The zero-order chi connectivity index (χ0) is 12.5. The Hall–Kier alpha value is -1.04. The summed E-state index contributed by atoms with van der Waals surface area (Å²) in [5.74, 6) is 0.613. The Morgan fingerprint density at radius 2 is 1.76 bits per heavy atom. The van der Waals surface area contributed by atoms with Crippen LogP contribution >= 0.6 is 0 Å². The zero-order valence-corrected chi connectivity index (χ0v) is 11.5. The average Bonchev–Trinajstić information content (AvgIpc) is 2.34. The van der Waals surface area contributed by atoms with Crippen molar-refractivity contribution in [3.05, 3.63) is 47.5 Å². The number of unbranched alkanes of at least 4 members (excludes halogenated alkanes) is 4. The molecule has 0 aliphatic rings. The summed E-state index contributed by atoms with van der Waals surface area (Å²) in [6.07, 6.45) is 12.0. The van der Waals surface area contributed by atoms with E-state index in [1.165, 1.54) is 36.8 Å². The molecule has 0 atom stereocenters. The first-order valence-corrected chi connectivity index (χ1v) is 6.92. The second kappa shape index (κ2) is 8.11. The fourth-order valence-electron chi connectivity index (χ4n) is 1.83. The van der Waals surface area contributed by atoms with Crippen LogP contribution in [-0.2, 0) is 0 Å². The maximum atomic E-state index is 3.36. The molecule has 93 valence electrons. The first kappa shape index (κ1) is 14.0. The normalized spacial score (nSPS) is 11.5. The molecular weight excluding hydrogens is 204 g/mol. The van der Waals surface area contributed by atoms with Gasteiger partial charge in [-0.25, -0.2) is 0 Å². The Bertz CT molecular complexity index is 316. The van der Waals surface area contributed by atoms with Crippen LogP contribution in [0.5, 0.6) is 0 Å². The molecule has 1 rings (SSSR count). The van der Waals surface area contributed by atoms with Crippen LogP contribution in [0.4, 0.5) is 0 Å². The summed E-state index contributed by atoms with van der Waals surface area (Å²) < 4.78 is 0. The van der Waals surface area contributed by atoms with Gasteiger partial charge in [-0.3, -0.25) is 0 Å². The van der Waals surface area contributed by atoms with Crippen LogP contribution in [0.2, 0.25) is 0 Å². The third kappa shape index (κ3) is 5.72. The van der Waals surface area contributed by atoms with E-state index in [4.69, 9.17) is 0 Å². The Morgan fingerprint density at radius 1 is 1.06 bits per heavy atom. The first-order valence-electron chi connectivity index (χ1n) is 6.92. The number of rotatable bonds is 7. The average molecular weight is 229 g/mol. The first-order chi connectivity index (χ1) is 8.24. The Balaban J connectivity index is 2.33. The molecule has 0 aliphatic carbocycles. The van der Waals surface area contributed by atoms with Crippen LogP contribution in [-0.4, -0.2) is 0 Å². The highest BCUT2D eigenvalue weighted by atomic mass is 14.0. The minimum absolute atomic E-state index is 0.613. The molecule has 0 saturated heterocycles. The van der Waals surface area contributed by atoms with Crippen molar-refractivity contribution in [2.24, 2.45) is 0 Å². The van der Waals surface area contributed by atoms with Gasteiger partial charge in [-0.05, 0) is 36.0 Å². The predicted octanol–water partition coefficient (Wildman–Crippen LogP) is 5.49. The number of allylic oxidation sites excluding steroid dienone is 1. The van der Waals surface area contributed by atoms with E-state index in [1.807, 2.05) is 0 Å². The fraction of sp³-hybridized carbons (Fsp3) is 0.529. The van der Waals surface area contributed by atoms with E-state index < -0.39 is 0 Å². The van der Waals surface area contributed by atoms with E-state index in [9.17, 15) is 0 Å². The molecule has 0 unspecified atom stereocenters. The van der Waals surface area contributed by atoms with Crippen molar-refractivity contribution in [3.63, 3.8) is 0 Å². The van der Waals surface area contributed by atoms with E-state index in [2.05, 4.69) is 57.2 Å². The van der Waals surface area contributed by atoms with Crippen molar-refractivity contribution in [2.75, 3.05) is 0 Å². The molecule has 17 heavy (non-hydrogen) atoms. The summed E-state index contributed by atoms with van der Waals surface area (Å²) in [5, 5.41) is 0. The second-order valence-corrected chi connectivity index (χ2v) is 4.97. The molecule has 0 heteroatoms. The van der Waals surface area contributed by atoms with Gasteiger partial charge in [0.05, 0.1) is 0 Å². The number of hydrogen-bond donors (Lipinski definition) is 0. The molecule has 1 aromatic carbocycles. The molecule has 0 bridgehead atoms. The highest BCUT2D eigenvalue weighted by Gasteiger charge is 1.96. The summed E-state index contributed by atoms with van der Waals surface area (Å²) in [6.45, 7) is 6.70. The molecule has 0 N–H and O–H groups in total. The van der Waals surface area contributed by atoms with Crippen molar-refractivity contribution in [1.82, 2.24) is 0 Å². The van der Waals surface area contributed by atoms with Crippen molar-refractivity contribution in [1.29, 1.82) is 0 Å². The summed E-state index contributed by atoms with van der Waals surface area (Å²) in [4.78, 5) is 0. The molecule has 0 fully saturated rings. The molecule has 0 spiro atoms. The van der Waals surface area contributed by atoms with Gasteiger partial charge in [0.2, 0.25) is 0 Å². The lowest BCUT2D eigenvalue weighted by molar-refractivity contribution is 0.674. The molecule has 0 amide bonds. The summed E-state index contributed by atoms with van der Waals surface area (Å²) in [6, 6.07) is 8.74. The lowest BCUT2D eigenvalue weighted by Crippen LogP contribution is -1.86. The molecule has 1 aromatic rings. The third-order valence-electron chi connectivity index (χ3n) is 3.05. The van der Waals surface area contributed by atoms with Crippen molar-refractivity contribution in [3.8, 4) is 0 Å². The van der Waals surface area contributed by atoms with Crippen LogP contribution in [0, 0.1) is 6.08 Å². The van der Waals surface area contributed by atoms with Crippen LogP contribution < -0.4 is 0 Å². The van der Waals surface area contributed by atoms with Gasteiger partial charge in [0, 0.05) is 0 Å². The van der Waals surface area contributed by atoms with Crippen LogP contribution in [0.15, 0.2) is 30.3 Å². The SMILES string of the molecule is CCCCCC/C=[C]\c1ccc(C(C)C)cc1. The Labute approximate surface area is 107 Å². The maximum Gasteiger partial charge on any atom is -0.0149 e. The lowest BCUT2D eigenvalue weighted by atomic mass is 10.0. The largest absolute Gasteiger partial charge is 0.0760 e. The smallest absolute Gasteiger partial charge is 0.0149 e. The van der Waals surface area contributed by atoms with Crippen LogP contribution in [0.3, 0.4) is 0 Å². The van der Waals surface area contributed by atoms with E-state index in [-0.39, 0.29) is 0 Å². The topological polar surface area (TPSA) is 0 Å². The second-order valence-electron chi connectivity index (χ2n) is 4.97. The minimum Gasteiger partial charge on any atom is -0.0760 e. The van der Waals surface area contributed by atoms with E-state index in [0.717, 1.165) is 6.42 Å². The summed E-state index contributed by atoms with van der Waals surface area (Å²) >= 11 is 0. The quantitative estimate of drug-likeness (QED) is 0.542. The van der Waals surface area contributed by atoms with Gasteiger partial charge in [0.25, 0.3) is 0 Å². The van der Waals surface area contributed by atoms with Crippen molar-refractivity contribution < 1.29 is 0 Å². The predicted molar refractivity (Wildman–Crippen MR) is 76.2 cm³/mol. The lowest BCUT2D eigenvalue weighted by Gasteiger charge is -2.04. The molecule has 0 aliphatic heterocycles. The third-order valence-corrected chi connectivity index (χ3v) is 3.05. The van der Waals surface area contributed by atoms with Gasteiger partial charge in [0.1, 0.15) is 0 Å². The zero-order valence-electron chi connectivity index (χ0n) is 11.5. The van der Waals surface area contributed by atoms with Gasteiger partial charge >= 0.3 is 0 Å². The van der Waals surface area contributed by atoms with E-state index in [0.29, 0.717) is 5.92 Å². The Kier molecular flexibility index (Phi) is 6.69. The highest BCUT2D eigenvalue weighted by Crippen LogP contribution is 2.14. The minimum atomic E-state index is 0.613. The van der Waals surface area contributed by atoms with E-state index in [1.54, 1.807) is 0 Å². The molecule has 0 aromatic heterocycles. The standard InChI is InChI=1S/C17H25/c1-4-5-6-7-8-9-10-16-11-13-17(14-12-16)15(2)3/h9,11-15H,4-8H2,1-3H3.